The molecule has 0 aliphatic rings. The fourth-order valence-corrected chi connectivity index (χ4v) is 1.48. The second-order valence-corrected chi connectivity index (χ2v) is 4.47. The lowest BCUT2D eigenvalue weighted by molar-refractivity contribution is 0.393. The van der Waals surface area contributed by atoms with E-state index < -0.39 is 0 Å². The lowest BCUT2D eigenvalue weighted by Crippen LogP contribution is -2.16. The molecule has 12 heavy (non-hydrogen) atoms. The Hall–Kier alpha value is 0.310. The van der Waals surface area contributed by atoms with Crippen LogP contribution in [0.5, 0.6) is 0 Å². The van der Waals surface area contributed by atoms with Gasteiger partial charge in [0.2, 0.25) is 0 Å². The Labute approximate surface area is 82.9 Å². The molecule has 1 nitrogen and oxygen atoms in total. The second kappa shape index (κ2) is 7.93. The molecule has 0 saturated carbocycles. The van der Waals surface area contributed by atoms with Gasteiger partial charge in [-0.25, -0.2) is 0 Å². The average molecular weight is 189 g/mol. The van der Waals surface area contributed by atoms with E-state index in [-0.39, 0.29) is 0 Å². The third-order valence-corrected chi connectivity index (χ3v) is 2.57. The van der Waals surface area contributed by atoms with Gasteiger partial charge >= 0.3 is 0 Å². The molecule has 0 heterocycles. The summed E-state index contributed by atoms with van der Waals surface area (Å²) in [6.45, 7) is 3.41. The fourth-order valence-electron chi connectivity index (χ4n) is 1.18. The second-order valence-electron chi connectivity index (χ2n) is 3.74. The maximum Gasteiger partial charge on any atom is 0.00289 e. The molecule has 1 atom stereocenters. The number of nitrogens with zero attached hydrogens (tertiary/aromatic N) is 1. The summed E-state index contributed by atoms with van der Waals surface area (Å²) in [6.07, 6.45) is 6.52. The highest BCUT2D eigenvalue weighted by molar-refractivity contribution is 7.80. The molecule has 0 aliphatic heterocycles. The lowest BCUT2D eigenvalue weighted by atomic mass is 10.1. The Morgan fingerprint density at radius 1 is 1.17 bits per heavy atom. The molecule has 2 heteroatoms. The van der Waals surface area contributed by atoms with Crippen molar-refractivity contribution in [3.8, 4) is 0 Å². The van der Waals surface area contributed by atoms with Gasteiger partial charge in [-0.2, -0.15) is 12.6 Å². The molecule has 0 spiro atoms. The zero-order chi connectivity index (χ0) is 9.40. The minimum absolute atomic E-state index is 0.610. The van der Waals surface area contributed by atoms with E-state index in [0.717, 1.165) is 0 Å². The highest BCUT2D eigenvalue weighted by Crippen LogP contribution is 2.11. The minimum Gasteiger partial charge on any atom is -0.309 e. The molecule has 0 fully saturated rings. The number of rotatable bonds is 7. The first-order valence-electron chi connectivity index (χ1n) is 4.99. The maximum absolute atomic E-state index is 4.55. The van der Waals surface area contributed by atoms with Crippen LogP contribution in [-0.4, -0.2) is 30.8 Å². The zero-order valence-electron chi connectivity index (χ0n) is 8.71. The van der Waals surface area contributed by atoms with Gasteiger partial charge in [0.1, 0.15) is 0 Å². The van der Waals surface area contributed by atoms with Gasteiger partial charge in [0.05, 0.1) is 0 Å². The molecule has 74 valence electrons. The third-order valence-electron chi connectivity index (χ3n) is 2.05. The lowest BCUT2D eigenvalue weighted by Gasteiger charge is -2.13. The van der Waals surface area contributed by atoms with Crippen LogP contribution in [0.4, 0.5) is 0 Å². The van der Waals surface area contributed by atoms with E-state index in [0.29, 0.717) is 5.25 Å². The van der Waals surface area contributed by atoms with E-state index in [2.05, 4.69) is 38.5 Å². The van der Waals surface area contributed by atoms with Gasteiger partial charge < -0.3 is 4.90 Å². The number of thiol groups is 1. The normalized spacial score (nSPS) is 13.8. The standard InChI is InChI=1S/C10H23NS/c1-4-5-6-7-10(12)8-9-11(2)3/h10,12H,4-9H2,1-3H3/t10-/m1/s1. The van der Waals surface area contributed by atoms with E-state index in [1.54, 1.807) is 0 Å². The highest BCUT2D eigenvalue weighted by Gasteiger charge is 2.02. The van der Waals surface area contributed by atoms with Crippen LogP contribution in [0.3, 0.4) is 0 Å². The summed E-state index contributed by atoms with van der Waals surface area (Å²) in [4.78, 5) is 2.23. The zero-order valence-corrected chi connectivity index (χ0v) is 9.61. The van der Waals surface area contributed by atoms with E-state index in [1.165, 1.54) is 38.6 Å². The van der Waals surface area contributed by atoms with Crippen molar-refractivity contribution < 1.29 is 0 Å². The van der Waals surface area contributed by atoms with Crippen molar-refractivity contribution in [3.05, 3.63) is 0 Å². The first kappa shape index (κ1) is 12.3. The Morgan fingerprint density at radius 3 is 2.33 bits per heavy atom. The molecule has 0 rings (SSSR count). The maximum atomic E-state index is 4.55. The summed E-state index contributed by atoms with van der Waals surface area (Å²) in [5.41, 5.74) is 0. The fraction of sp³-hybridized carbons (Fsp3) is 1.00. The predicted octanol–water partition coefficient (Wildman–Crippen LogP) is 2.82. The van der Waals surface area contributed by atoms with Crippen LogP contribution in [0.2, 0.25) is 0 Å². The van der Waals surface area contributed by atoms with E-state index in [9.17, 15) is 0 Å². The quantitative estimate of drug-likeness (QED) is 0.476. The Bertz CT molecular complexity index is 93.8. The smallest absolute Gasteiger partial charge is 0.00289 e. The summed E-state index contributed by atoms with van der Waals surface area (Å²) in [6, 6.07) is 0. The molecular formula is C10H23NS. The van der Waals surface area contributed by atoms with Crippen molar-refractivity contribution in [2.75, 3.05) is 20.6 Å². The Kier molecular flexibility index (Phi) is 8.14. The molecule has 0 bridgehead atoms. The molecule has 0 radical (unpaired) electrons. The van der Waals surface area contributed by atoms with Crippen molar-refractivity contribution in [1.29, 1.82) is 0 Å². The molecule has 0 amide bonds. The molecule has 0 unspecified atom stereocenters. The van der Waals surface area contributed by atoms with Crippen molar-refractivity contribution in [1.82, 2.24) is 4.90 Å². The van der Waals surface area contributed by atoms with Crippen LogP contribution in [0.25, 0.3) is 0 Å². The molecule has 0 aromatic heterocycles. The molecule has 0 aromatic rings. The SMILES string of the molecule is CCCCC[C@@H](S)CCN(C)C. The van der Waals surface area contributed by atoms with Gasteiger partial charge in [-0.05, 0) is 33.5 Å². The number of unbranched alkanes of at least 4 members (excludes halogenated alkanes) is 2. The van der Waals surface area contributed by atoms with Crippen molar-refractivity contribution in [2.45, 2.75) is 44.3 Å². The highest BCUT2D eigenvalue weighted by atomic mass is 32.1. The molecule has 0 saturated heterocycles. The Morgan fingerprint density at radius 2 is 1.83 bits per heavy atom. The summed E-state index contributed by atoms with van der Waals surface area (Å²) in [5.74, 6) is 0. The Balaban J connectivity index is 3.15. The monoisotopic (exact) mass is 189 g/mol. The van der Waals surface area contributed by atoms with Crippen molar-refractivity contribution in [2.24, 2.45) is 0 Å². The first-order chi connectivity index (χ1) is 5.66. The van der Waals surface area contributed by atoms with Crippen LogP contribution >= 0.6 is 12.6 Å². The molecule has 0 N–H and O–H groups in total. The van der Waals surface area contributed by atoms with E-state index in [4.69, 9.17) is 0 Å². The molecular weight excluding hydrogens is 166 g/mol. The summed E-state index contributed by atoms with van der Waals surface area (Å²) < 4.78 is 0. The van der Waals surface area contributed by atoms with Crippen LogP contribution in [0.1, 0.15) is 39.0 Å². The topological polar surface area (TPSA) is 3.24 Å². The summed E-state index contributed by atoms with van der Waals surface area (Å²) >= 11 is 4.55. The third kappa shape index (κ3) is 8.41. The van der Waals surface area contributed by atoms with Gasteiger partial charge in [0.25, 0.3) is 0 Å². The van der Waals surface area contributed by atoms with E-state index in [1.807, 2.05) is 0 Å². The first-order valence-corrected chi connectivity index (χ1v) is 5.51. The van der Waals surface area contributed by atoms with E-state index >= 15 is 0 Å². The molecule has 0 aliphatic carbocycles. The minimum atomic E-state index is 0.610. The molecule has 0 aromatic carbocycles. The number of hydrogen-bond acceptors (Lipinski definition) is 2. The van der Waals surface area contributed by atoms with Crippen LogP contribution in [-0.2, 0) is 0 Å². The van der Waals surface area contributed by atoms with Crippen LogP contribution in [0.15, 0.2) is 0 Å². The van der Waals surface area contributed by atoms with Gasteiger partial charge in [0.15, 0.2) is 0 Å². The van der Waals surface area contributed by atoms with Crippen LogP contribution < -0.4 is 0 Å². The van der Waals surface area contributed by atoms with Crippen molar-refractivity contribution >= 4 is 12.6 Å². The largest absolute Gasteiger partial charge is 0.309 e. The van der Waals surface area contributed by atoms with Gasteiger partial charge in [-0.15, -0.1) is 0 Å². The van der Waals surface area contributed by atoms with Gasteiger partial charge in [-0.3, -0.25) is 0 Å². The predicted molar refractivity (Wildman–Crippen MR) is 60.1 cm³/mol. The number of hydrogen-bond donors (Lipinski definition) is 1. The summed E-state index contributed by atoms with van der Waals surface area (Å²) in [7, 11) is 4.24. The van der Waals surface area contributed by atoms with Gasteiger partial charge in [-0.1, -0.05) is 26.2 Å². The van der Waals surface area contributed by atoms with Crippen LogP contribution in [0, 0.1) is 0 Å². The summed E-state index contributed by atoms with van der Waals surface area (Å²) in [5, 5.41) is 0.610. The average Bonchev–Trinajstić information content (AvgIpc) is 2.01. The van der Waals surface area contributed by atoms with Gasteiger partial charge in [0, 0.05) is 5.25 Å². The van der Waals surface area contributed by atoms with Crippen molar-refractivity contribution in [3.63, 3.8) is 0 Å².